The number of hydrogen-bond acceptors (Lipinski definition) is 6. The van der Waals surface area contributed by atoms with Gasteiger partial charge < -0.3 is 15.4 Å². The molecule has 4 aromatic rings. The SMILES string of the molecule is COc1cc(Cl)ccc1Cn1nc(-c2sc(NC(=O)C(C)(C)C)nc2C)cc1C(=O)NCc1ccccc1. The van der Waals surface area contributed by atoms with Gasteiger partial charge in [0.15, 0.2) is 5.13 Å². The van der Waals surface area contributed by atoms with Gasteiger partial charge in [-0.25, -0.2) is 4.98 Å². The second-order valence-corrected chi connectivity index (χ2v) is 11.3. The molecule has 8 nitrogen and oxygen atoms in total. The maximum Gasteiger partial charge on any atom is 0.269 e. The first kappa shape index (κ1) is 27.3. The van der Waals surface area contributed by atoms with Gasteiger partial charge in [0, 0.05) is 22.5 Å². The largest absolute Gasteiger partial charge is 0.496 e. The lowest BCUT2D eigenvalue weighted by atomic mass is 9.96. The molecule has 0 saturated heterocycles. The van der Waals surface area contributed by atoms with E-state index in [1.807, 2.05) is 64.1 Å². The predicted octanol–water partition coefficient (Wildman–Crippen LogP) is 5.94. The second-order valence-electron chi connectivity index (χ2n) is 9.83. The molecule has 0 saturated carbocycles. The topological polar surface area (TPSA) is 98.1 Å². The van der Waals surface area contributed by atoms with E-state index in [4.69, 9.17) is 21.4 Å². The number of carbonyl (C=O) groups excluding carboxylic acids is 2. The lowest BCUT2D eigenvalue weighted by Crippen LogP contribution is -2.27. The summed E-state index contributed by atoms with van der Waals surface area (Å²) in [4.78, 5) is 31.1. The van der Waals surface area contributed by atoms with Crippen LogP contribution in [-0.4, -0.2) is 33.7 Å². The van der Waals surface area contributed by atoms with Crippen molar-refractivity contribution < 1.29 is 14.3 Å². The number of carbonyl (C=O) groups is 2. The summed E-state index contributed by atoms with van der Waals surface area (Å²) < 4.78 is 7.15. The fourth-order valence-corrected chi connectivity index (χ4v) is 4.76. The molecule has 2 N–H and O–H groups in total. The van der Waals surface area contributed by atoms with Crippen LogP contribution in [-0.2, 0) is 17.9 Å². The van der Waals surface area contributed by atoms with Crippen LogP contribution in [0.5, 0.6) is 5.75 Å². The number of amides is 2. The van der Waals surface area contributed by atoms with Crippen molar-refractivity contribution in [1.29, 1.82) is 0 Å². The maximum absolute atomic E-state index is 13.3. The summed E-state index contributed by atoms with van der Waals surface area (Å²) in [5.41, 5.74) is 2.95. The summed E-state index contributed by atoms with van der Waals surface area (Å²) >= 11 is 7.47. The average molecular weight is 552 g/mol. The number of benzene rings is 2. The number of nitrogens with zero attached hydrogens (tertiary/aromatic N) is 3. The summed E-state index contributed by atoms with van der Waals surface area (Å²) in [6.45, 7) is 8.06. The van der Waals surface area contributed by atoms with E-state index in [0.29, 0.717) is 46.1 Å². The fraction of sp³-hybridized carbons (Fsp3) is 0.286. The van der Waals surface area contributed by atoms with Crippen molar-refractivity contribution in [3.05, 3.63) is 82.1 Å². The molecular weight excluding hydrogens is 522 g/mol. The Balaban J connectivity index is 1.68. The molecule has 0 aliphatic rings. The molecule has 2 heterocycles. The molecule has 0 unspecified atom stereocenters. The quantitative estimate of drug-likeness (QED) is 0.282. The molecule has 4 rings (SSSR count). The molecule has 0 aliphatic heterocycles. The third-order valence-electron chi connectivity index (χ3n) is 5.81. The molecule has 0 atom stereocenters. The Labute approximate surface area is 231 Å². The first-order valence-corrected chi connectivity index (χ1v) is 13.3. The molecule has 0 radical (unpaired) electrons. The summed E-state index contributed by atoms with van der Waals surface area (Å²) in [6.07, 6.45) is 0. The Morgan fingerprint density at radius 2 is 1.84 bits per heavy atom. The van der Waals surface area contributed by atoms with Gasteiger partial charge in [0.25, 0.3) is 5.91 Å². The lowest BCUT2D eigenvalue weighted by molar-refractivity contribution is -0.123. The standard InChI is InChI=1S/C28H30ClN5O3S/c1-17-24(38-27(31-17)32-26(36)28(2,3)4)21-14-22(25(35)30-15-18-9-7-6-8-10-18)34(33-21)16-19-11-12-20(29)13-23(19)37-5/h6-14H,15-16H2,1-5H3,(H,30,35)(H,31,32,36). The van der Waals surface area contributed by atoms with Gasteiger partial charge in [0.1, 0.15) is 17.1 Å². The Morgan fingerprint density at radius 1 is 1.11 bits per heavy atom. The van der Waals surface area contributed by atoms with Gasteiger partial charge in [0.2, 0.25) is 5.91 Å². The van der Waals surface area contributed by atoms with Crippen molar-refractivity contribution in [2.24, 2.45) is 5.41 Å². The highest BCUT2D eigenvalue weighted by Gasteiger charge is 2.24. The zero-order valence-corrected chi connectivity index (χ0v) is 23.5. The maximum atomic E-state index is 13.3. The predicted molar refractivity (Wildman–Crippen MR) is 151 cm³/mol. The third kappa shape index (κ3) is 6.41. The van der Waals surface area contributed by atoms with Crippen LogP contribution in [0.1, 0.15) is 48.1 Å². The molecule has 0 bridgehead atoms. The van der Waals surface area contributed by atoms with Crippen molar-refractivity contribution >= 4 is 39.9 Å². The van der Waals surface area contributed by atoms with Crippen molar-refractivity contribution in [2.45, 2.75) is 40.8 Å². The number of halogens is 1. The van der Waals surface area contributed by atoms with E-state index in [9.17, 15) is 9.59 Å². The molecule has 0 spiro atoms. The van der Waals surface area contributed by atoms with Crippen LogP contribution in [0, 0.1) is 12.3 Å². The fourth-order valence-electron chi connectivity index (χ4n) is 3.68. The molecule has 0 fully saturated rings. The summed E-state index contributed by atoms with van der Waals surface area (Å²) in [5.74, 6) is 0.217. The number of rotatable bonds is 8. The number of thiazole rings is 1. The molecule has 38 heavy (non-hydrogen) atoms. The molecule has 10 heteroatoms. The molecular formula is C28H30ClN5O3S. The molecule has 2 aromatic heterocycles. The second kappa shape index (κ2) is 11.4. The molecule has 2 aromatic carbocycles. The van der Waals surface area contributed by atoms with Crippen molar-refractivity contribution in [1.82, 2.24) is 20.1 Å². The van der Waals surface area contributed by atoms with Gasteiger partial charge in [-0.15, -0.1) is 0 Å². The highest BCUT2D eigenvalue weighted by atomic mass is 35.5. The molecule has 198 valence electrons. The van der Waals surface area contributed by atoms with Gasteiger partial charge in [-0.05, 0) is 30.7 Å². The zero-order chi connectivity index (χ0) is 27.4. The minimum absolute atomic E-state index is 0.126. The summed E-state index contributed by atoms with van der Waals surface area (Å²) in [5, 5.41) is 11.7. The van der Waals surface area contributed by atoms with E-state index in [1.54, 1.807) is 30.0 Å². The normalized spacial score (nSPS) is 11.3. The lowest BCUT2D eigenvalue weighted by Gasteiger charge is -2.15. The highest BCUT2D eigenvalue weighted by Crippen LogP contribution is 2.34. The van der Waals surface area contributed by atoms with E-state index in [1.165, 1.54) is 11.3 Å². The highest BCUT2D eigenvalue weighted by molar-refractivity contribution is 7.19. The van der Waals surface area contributed by atoms with Crippen LogP contribution in [0.25, 0.3) is 10.6 Å². The number of aryl methyl sites for hydroxylation is 1. The molecule has 2 amide bonds. The number of anilines is 1. The van der Waals surface area contributed by atoms with Crippen molar-refractivity contribution in [3.63, 3.8) is 0 Å². The van der Waals surface area contributed by atoms with E-state index < -0.39 is 5.41 Å². The van der Waals surface area contributed by atoms with Crippen LogP contribution < -0.4 is 15.4 Å². The van der Waals surface area contributed by atoms with E-state index in [0.717, 1.165) is 16.0 Å². The number of aromatic nitrogens is 3. The van der Waals surface area contributed by atoms with Gasteiger partial charge in [0.05, 0.1) is 24.2 Å². The monoisotopic (exact) mass is 551 g/mol. The van der Waals surface area contributed by atoms with Crippen molar-refractivity contribution in [2.75, 3.05) is 12.4 Å². The first-order chi connectivity index (χ1) is 18.0. The van der Waals surface area contributed by atoms with Gasteiger partial charge in [-0.3, -0.25) is 14.3 Å². The Hall–Kier alpha value is -3.69. The van der Waals surface area contributed by atoms with Crippen LogP contribution in [0.3, 0.4) is 0 Å². The first-order valence-electron chi connectivity index (χ1n) is 12.1. The van der Waals surface area contributed by atoms with E-state index >= 15 is 0 Å². The summed E-state index contributed by atoms with van der Waals surface area (Å²) in [6, 6.07) is 16.8. The Kier molecular flexibility index (Phi) is 8.18. The van der Waals surface area contributed by atoms with Gasteiger partial charge in [-0.2, -0.15) is 5.10 Å². The van der Waals surface area contributed by atoms with Crippen LogP contribution >= 0.6 is 22.9 Å². The minimum Gasteiger partial charge on any atom is -0.496 e. The minimum atomic E-state index is -0.553. The summed E-state index contributed by atoms with van der Waals surface area (Å²) in [7, 11) is 1.57. The van der Waals surface area contributed by atoms with Gasteiger partial charge in [-0.1, -0.05) is 80.1 Å². The smallest absolute Gasteiger partial charge is 0.269 e. The van der Waals surface area contributed by atoms with Crippen LogP contribution in [0.2, 0.25) is 5.02 Å². The number of methoxy groups -OCH3 is 1. The van der Waals surface area contributed by atoms with Crippen LogP contribution in [0.15, 0.2) is 54.6 Å². The Bertz CT molecular complexity index is 1460. The number of hydrogen-bond donors (Lipinski definition) is 2. The Morgan fingerprint density at radius 3 is 2.53 bits per heavy atom. The van der Waals surface area contributed by atoms with Gasteiger partial charge >= 0.3 is 0 Å². The number of ether oxygens (including phenoxy) is 1. The molecule has 0 aliphatic carbocycles. The van der Waals surface area contributed by atoms with E-state index in [2.05, 4.69) is 15.6 Å². The number of nitrogens with one attached hydrogen (secondary N) is 2. The zero-order valence-electron chi connectivity index (χ0n) is 22.0. The third-order valence-corrected chi connectivity index (χ3v) is 7.14. The van der Waals surface area contributed by atoms with E-state index in [-0.39, 0.29) is 11.8 Å². The van der Waals surface area contributed by atoms with Crippen LogP contribution in [0.4, 0.5) is 5.13 Å². The average Bonchev–Trinajstić information content (AvgIpc) is 3.46. The van der Waals surface area contributed by atoms with Crippen molar-refractivity contribution in [3.8, 4) is 16.3 Å².